The maximum Gasteiger partial charge on any atom is 0.251 e. The number of imide groups is 1. The molecule has 3 amide bonds. The number of carbonyl (C=O) groups is 3. The summed E-state index contributed by atoms with van der Waals surface area (Å²) in [6.07, 6.45) is 1.49. The van der Waals surface area contributed by atoms with E-state index >= 15 is 0 Å². The summed E-state index contributed by atoms with van der Waals surface area (Å²) in [5, 5.41) is 0. The number of rotatable bonds is 3. The van der Waals surface area contributed by atoms with Crippen molar-refractivity contribution in [3.63, 3.8) is 0 Å². The maximum absolute atomic E-state index is 13.1. The molecule has 7 nitrogen and oxygen atoms in total. The molecule has 1 aromatic carbocycles. The number of nitrogens with zero attached hydrogens (tertiary/aromatic N) is 3. The Morgan fingerprint density at radius 3 is 2.29 bits per heavy atom. The summed E-state index contributed by atoms with van der Waals surface area (Å²) >= 11 is 0. The summed E-state index contributed by atoms with van der Waals surface area (Å²) in [5.41, 5.74) is 0.399. The van der Waals surface area contributed by atoms with Crippen molar-refractivity contribution in [1.82, 2.24) is 9.80 Å². The predicted octanol–water partition coefficient (Wildman–Crippen LogP) is 1.03. The first-order valence-corrected chi connectivity index (χ1v) is 9.77. The van der Waals surface area contributed by atoms with E-state index in [1.165, 1.54) is 24.3 Å². The Labute approximate surface area is 163 Å². The van der Waals surface area contributed by atoms with Crippen LogP contribution in [0.2, 0.25) is 0 Å². The standard InChI is InChI=1S/C20H24FN3O4/c21-15-1-3-16(4-2-15)24-18(25)13-17(20(24)27)22-7-5-14(6-8-22)19(26)23-9-11-28-12-10-23/h1-4,14,17H,5-13H2/t17-/m0/s1. The predicted molar refractivity (Wildman–Crippen MR) is 99.0 cm³/mol. The van der Waals surface area contributed by atoms with E-state index in [2.05, 4.69) is 0 Å². The first-order chi connectivity index (χ1) is 13.5. The molecule has 0 unspecified atom stereocenters. The zero-order valence-corrected chi connectivity index (χ0v) is 15.7. The minimum Gasteiger partial charge on any atom is -0.378 e. The van der Waals surface area contributed by atoms with Crippen molar-refractivity contribution in [1.29, 1.82) is 0 Å². The van der Waals surface area contributed by atoms with Crippen LogP contribution in [0.4, 0.5) is 10.1 Å². The van der Waals surface area contributed by atoms with E-state index in [4.69, 9.17) is 4.74 Å². The Kier molecular flexibility index (Phi) is 5.41. The van der Waals surface area contributed by atoms with E-state index in [1.807, 2.05) is 9.80 Å². The fraction of sp³-hybridized carbons (Fsp3) is 0.550. The Morgan fingerprint density at radius 2 is 1.64 bits per heavy atom. The molecule has 1 atom stereocenters. The zero-order valence-electron chi connectivity index (χ0n) is 15.7. The molecule has 4 rings (SSSR count). The van der Waals surface area contributed by atoms with Gasteiger partial charge in [-0.1, -0.05) is 0 Å². The smallest absolute Gasteiger partial charge is 0.251 e. The van der Waals surface area contributed by atoms with Gasteiger partial charge in [-0.3, -0.25) is 19.3 Å². The number of morpholine rings is 1. The van der Waals surface area contributed by atoms with Crippen LogP contribution in [0.15, 0.2) is 24.3 Å². The maximum atomic E-state index is 13.1. The number of halogens is 1. The van der Waals surface area contributed by atoms with Crippen molar-refractivity contribution in [2.75, 3.05) is 44.3 Å². The summed E-state index contributed by atoms with van der Waals surface area (Å²) in [7, 11) is 0. The molecule has 3 heterocycles. The van der Waals surface area contributed by atoms with E-state index < -0.39 is 11.9 Å². The van der Waals surface area contributed by atoms with Crippen LogP contribution in [0, 0.1) is 11.7 Å². The number of ether oxygens (including phenoxy) is 1. The van der Waals surface area contributed by atoms with Crippen LogP contribution in [0.5, 0.6) is 0 Å². The molecule has 0 N–H and O–H groups in total. The third-order valence-corrected chi connectivity index (χ3v) is 5.85. The van der Waals surface area contributed by atoms with Gasteiger partial charge in [0.25, 0.3) is 5.91 Å². The van der Waals surface area contributed by atoms with Crippen molar-refractivity contribution in [2.24, 2.45) is 5.92 Å². The molecule has 0 bridgehead atoms. The van der Waals surface area contributed by atoms with Gasteiger partial charge in [0, 0.05) is 19.0 Å². The highest BCUT2D eigenvalue weighted by Gasteiger charge is 2.44. The Balaban J connectivity index is 1.37. The molecule has 0 spiro atoms. The number of likely N-dealkylation sites (tertiary alicyclic amines) is 1. The Morgan fingerprint density at radius 1 is 1.00 bits per heavy atom. The minimum absolute atomic E-state index is 0.0326. The molecule has 150 valence electrons. The summed E-state index contributed by atoms with van der Waals surface area (Å²) < 4.78 is 18.4. The van der Waals surface area contributed by atoms with Crippen molar-refractivity contribution in [3.05, 3.63) is 30.1 Å². The third-order valence-electron chi connectivity index (χ3n) is 5.85. The van der Waals surface area contributed by atoms with Crippen LogP contribution < -0.4 is 4.90 Å². The monoisotopic (exact) mass is 389 g/mol. The second-order valence-electron chi connectivity index (χ2n) is 7.51. The van der Waals surface area contributed by atoms with E-state index in [9.17, 15) is 18.8 Å². The molecule has 3 fully saturated rings. The van der Waals surface area contributed by atoms with Gasteiger partial charge in [0.05, 0.1) is 31.4 Å². The number of benzene rings is 1. The zero-order chi connectivity index (χ0) is 19.7. The molecule has 0 saturated carbocycles. The van der Waals surface area contributed by atoms with Gasteiger partial charge in [-0.2, -0.15) is 0 Å². The molecule has 1 aromatic rings. The highest BCUT2D eigenvalue weighted by molar-refractivity contribution is 6.22. The van der Waals surface area contributed by atoms with Gasteiger partial charge in [0.2, 0.25) is 11.8 Å². The number of piperidine rings is 1. The van der Waals surface area contributed by atoms with Crippen molar-refractivity contribution >= 4 is 23.4 Å². The molecular formula is C20H24FN3O4. The molecule has 0 aromatic heterocycles. The molecule has 8 heteroatoms. The van der Waals surface area contributed by atoms with Crippen molar-refractivity contribution in [2.45, 2.75) is 25.3 Å². The van der Waals surface area contributed by atoms with Crippen LogP contribution in [-0.2, 0) is 19.1 Å². The minimum atomic E-state index is -0.503. The largest absolute Gasteiger partial charge is 0.378 e. The van der Waals surface area contributed by atoms with Crippen LogP contribution in [0.1, 0.15) is 19.3 Å². The second kappa shape index (κ2) is 7.97. The molecule has 3 saturated heterocycles. The number of hydrogen-bond acceptors (Lipinski definition) is 5. The van der Waals surface area contributed by atoms with Gasteiger partial charge >= 0.3 is 0 Å². The topological polar surface area (TPSA) is 70.2 Å². The molecule has 3 aliphatic heterocycles. The van der Waals surface area contributed by atoms with Crippen LogP contribution in [0.3, 0.4) is 0 Å². The van der Waals surface area contributed by atoms with Crippen LogP contribution >= 0.6 is 0 Å². The van der Waals surface area contributed by atoms with Crippen molar-refractivity contribution in [3.8, 4) is 0 Å². The molecule has 28 heavy (non-hydrogen) atoms. The summed E-state index contributed by atoms with van der Waals surface area (Å²) in [6.45, 7) is 3.68. The molecule has 0 radical (unpaired) electrons. The van der Waals surface area contributed by atoms with Crippen molar-refractivity contribution < 1.29 is 23.5 Å². The van der Waals surface area contributed by atoms with Gasteiger partial charge in [-0.25, -0.2) is 9.29 Å². The Bertz CT molecular complexity index is 755. The molecule has 3 aliphatic rings. The lowest BCUT2D eigenvalue weighted by Gasteiger charge is -2.37. The average Bonchev–Trinajstić information content (AvgIpc) is 3.03. The Hall–Kier alpha value is -2.32. The van der Waals surface area contributed by atoms with Gasteiger partial charge < -0.3 is 9.64 Å². The van der Waals surface area contributed by atoms with E-state index in [0.29, 0.717) is 57.9 Å². The number of amides is 3. The highest BCUT2D eigenvalue weighted by atomic mass is 19.1. The SMILES string of the molecule is O=C(C1CCN([C@H]2CC(=O)N(c3ccc(F)cc3)C2=O)CC1)N1CCOCC1. The summed E-state index contributed by atoms with van der Waals surface area (Å²) in [4.78, 5) is 42.9. The van der Waals surface area contributed by atoms with Crippen LogP contribution in [0.25, 0.3) is 0 Å². The fourth-order valence-corrected chi connectivity index (χ4v) is 4.26. The lowest BCUT2D eigenvalue weighted by atomic mass is 9.94. The summed E-state index contributed by atoms with van der Waals surface area (Å²) in [6, 6.07) is 4.87. The lowest BCUT2D eigenvalue weighted by Crippen LogP contribution is -2.50. The second-order valence-corrected chi connectivity index (χ2v) is 7.51. The quantitative estimate of drug-likeness (QED) is 0.723. The summed E-state index contributed by atoms with van der Waals surface area (Å²) in [5.74, 6) is -0.812. The fourth-order valence-electron chi connectivity index (χ4n) is 4.26. The van der Waals surface area contributed by atoms with Gasteiger partial charge in [0.1, 0.15) is 5.82 Å². The first kappa shape index (κ1) is 19.0. The normalized spacial score (nSPS) is 24.8. The number of carbonyl (C=O) groups excluding carboxylic acids is 3. The molecule has 0 aliphatic carbocycles. The lowest BCUT2D eigenvalue weighted by molar-refractivity contribution is -0.141. The number of anilines is 1. The van der Waals surface area contributed by atoms with E-state index in [0.717, 1.165) is 4.90 Å². The van der Waals surface area contributed by atoms with Gasteiger partial charge in [-0.05, 0) is 50.2 Å². The number of hydrogen-bond donors (Lipinski definition) is 0. The van der Waals surface area contributed by atoms with E-state index in [-0.39, 0.29) is 30.1 Å². The van der Waals surface area contributed by atoms with E-state index in [1.54, 1.807) is 0 Å². The van der Waals surface area contributed by atoms with Gasteiger partial charge in [-0.15, -0.1) is 0 Å². The third kappa shape index (κ3) is 3.66. The molecular weight excluding hydrogens is 365 g/mol. The van der Waals surface area contributed by atoms with Crippen LogP contribution in [-0.4, -0.2) is 73.0 Å². The average molecular weight is 389 g/mol. The first-order valence-electron chi connectivity index (χ1n) is 9.77. The van der Waals surface area contributed by atoms with Gasteiger partial charge in [0.15, 0.2) is 0 Å². The highest BCUT2D eigenvalue weighted by Crippen LogP contribution is 2.29.